The molecule has 0 radical (unpaired) electrons. The molecule has 0 aliphatic heterocycles. The molecule has 0 aliphatic rings. The van der Waals surface area contributed by atoms with Gasteiger partial charge in [-0.25, -0.2) is 9.37 Å². The molecule has 0 amide bonds. The number of hydrogen-bond donors (Lipinski definition) is 1. The van der Waals surface area contributed by atoms with Gasteiger partial charge in [0.05, 0.1) is 5.25 Å². The Kier molecular flexibility index (Phi) is 4.74. The first-order valence-electron chi connectivity index (χ1n) is 5.44. The summed E-state index contributed by atoms with van der Waals surface area (Å²) in [4.78, 5) is 4.26. The van der Waals surface area contributed by atoms with Crippen molar-refractivity contribution >= 4 is 27.7 Å². The van der Waals surface area contributed by atoms with E-state index in [2.05, 4.69) is 20.9 Å². The van der Waals surface area contributed by atoms with Crippen LogP contribution in [0.4, 0.5) is 4.39 Å². The molecule has 1 unspecified atom stereocenters. The van der Waals surface area contributed by atoms with Gasteiger partial charge in [-0.15, -0.1) is 0 Å². The maximum absolute atomic E-state index is 13.7. The zero-order valence-electron chi connectivity index (χ0n) is 9.51. The van der Waals surface area contributed by atoms with Crippen LogP contribution in [-0.2, 0) is 0 Å². The van der Waals surface area contributed by atoms with Crippen LogP contribution in [-0.4, -0.2) is 11.5 Å². The average molecular weight is 327 g/mol. The van der Waals surface area contributed by atoms with E-state index in [9.17, 15) is 4.39 Å². The lowest BCUT2D eigenvalue weighted by Gasteiger charge is -2.15. The van der Waals surface area contributed by atoms with Gasteiger partial charge in [-0.2, -0.15) is 0 Å². The number of nitrogens with two attached hydrogens (primary N) is 1. The molecule has 2 N–H and O–H groups in total. The minimum absolute atomic E-state index is 0.141. The maximum atomic E-state index is 13.7. The predicted octanol–water partition coefficient (Wildman–Crippen LogP) is 3.78. The monoisotopic (exact) mass is 326 g/mol. The van der Waals surface area contributed by atoms with Gasteiger partial charge in [-0.05, 0) is 34.1 Å². The molecule has 1 heterocycles. The Hall–Kier alpha value is -0.910. The molecule has 1 atom stereocenters. The third-order valence-electron chi connectivity index (χ3n) is 2.44. The van der Waals surface area contributed by atoms with Gasteiger partial charge in [0.15, 0.2) is 0 Å². The fourth-order valence-corrected chi connectivity index (χ4v) is 3.09. The lowest BCUT2D eigenvalue weighted by molar-refractivity contribution is 0.608. The fourth-order valence-electron chi connectivity index (χ4n) is 1.57. The molecule has 1 aromatic heterocycles. The summed E-state index contributed by atoms with van der Waals surface area (Å²) < 4.78 is 14.6. The number of rotatable bonds is 4. The van der Waals surface area contributed by atoms with Crippen LogP contribution < -0.4 is 5.73 Å². The molecular formula is C13H12BrFN2S. The summed E-state index contributed by atoms with van der Waals surface area (Å²) in [5.41, 5.74) is 6.35. The Labute approximate surface area is 118 Å². The van der Waals surface area contributed by atoms with Gasteiger partial charge in [0.25, 0.3) is 0 Å². The van der Waals surface area contributed by atoms with Crippen LogP contribution in [0.5, 0.6) is 0 Å². The van der Waals surface area contributed by atoms with Gasteiger partial charge in [0, 0.05) is 22.8 Å². The van der Waals surface area contributed by atoms with Gasteiger partial charge in [0.1, 0.15) is 10.8 Å². The summed E-state index contributed by atoms with van der Waals surface area (Å²) in [5.74, 6) is -0.229. The van der Waals surface area contributed by atoms with Gasteiger partial charge in [0.2, 0.25) is 0 Å². The Balaban J connectivity index is 2.26. The molecule has 0 aliphatic carbocycles. The van der Waals surface area contributed by atoms with Gasteiger partial charge in [-0.3, -0.25) is 0 Å². The summed E-state index contributed by atoms with van der Waals surface area (Å²) >= 11 is 4.89. The highest BCUT2D eigenvalue weighted by molar-refractivity contribution is 9.10. The van der Waals surface area contributed by atoms with Gasteiger partial charge < -0.3 is 5.73 Å². The molecule has 0 spiro atoms. The number of halogens is 2. The van der Waals surface area contributed by atoms with Crippen molar-refractivity contribution in [3.05, 3.63) is 58.4 Å². The first-order valence-corrected chi connectivity index (χ1v) is 7.11. The van der Waals surface area contributed by atoms with Gasteiger partial charge in [-0.1, -0.05) is 30.0 Å². The van der Waals surface area contributed by atoms with Crippen LogP contribution in [0.1, 0.15) is 10.8 Å². The third-order valence-corrected chi connectivity index (χ3v) is 4.63. The lowest BCUT2D eigenvalue weighted by atomic mass is 10.1. The zero-order valence-corrected chi connectivity index (χ0v) is 11.9. The second-order valence-corrected chi connectivity index (χ2v) is 5.70. The van der Waals surface area contributed by atoms with E-state index < -0.39 is 0 Å². The summed E-state index contributed by atoms with van der Waals surface area (Å²) in [6.45, 7) is 0.356. The van der Waals surface area contributed by atoms with Crippen molar-refractivity contribution in [2.24, 2.45) is 5.73 Å². The van der Waals surface area contributed by atoms with Crippen molar-refractivity contribution < 1.29 is 4.39 Å². The number of nitrogens with zero attached hydrogens (tertiary/aromatic N) is 1. The molecule has 1 aromatic carbocycles. The Morgan fingerprint density at radius 3 is 2.72 bits per heavy atom. The van der Waals surface area contributed by atoms with E-state index in [0.717, 1.165) is 9.50 Å². The van der Waals surface area contributed by atoms with E-state index >= 15 is 0 Å². The standard InChI is InChI=1S/C13H12BrFN2S/c14-10-5-3-7-17-13(10)18-12(8-16)9-4-1-2-6-11(9)15/h1-7,12H,8,16H2. The molecule has 2 nitrogen and oxygen atoms in total. The summed E-state index contributed by atoms with van der Waals surface area (Å²) in [7, 11) is 0. The van der Waals surface area contributed by atoms with Crippen molar-refractivity contribution in [1.82, 2.24) is 4.98 Å². The molecule has 2 rings (SSSR count). The molecule has 0 fully saturated rings. The predicted molar refractivity (Wildman–Crippen MR) is 76.0 cm³/mol. The number of benzene rings is 1. The first kappa shape index (κ1) is 13.5. The Bertz CT molecular complexity index is 536. The van der Waals surface area contributed by atoms with Crippen molar-refractivity contribution in [3.8, 4) is 0 Å². The smallest absolute Gasteiger partial charge is 0.127 e. The summed E-state index contributed by atoms with van der Waals surface area (Å²) in [6, 6.07) is 10.4. The van der Waals surface area contributed by atoms with Crippen LogP contribution in [0.2, 0.25) is 0 Å². The van der Waals surface area contributed by atoms with E-state index in [1.165, 1.54) is 17.8 Å². The van der Waals surface area contributed by atoms with Crippen LogP contribution in [0, 0.1) is 5.82 Å². The van der Waals surface area contributed by atoms with Crippen molar-refractivity contribution in [2.45, 2.75) is 10.3 Å². The molecule has 94 valence electrons. The van der Waals surface area contributed by atoms with E-state index in [4.69, 9.17) is 5.73 Å². The molecule has 5 heteroatoms. The topological polar surface area (TPSA) is 38.9 Å². The number of thioether (sulfide) groups is 1. The molecule has 0 saturated heterocycles. The SMILES string of the molecule is NCC(Sc1ncccc1Br)c1ccccc1F. The zero-order chi connectivity index (χ0) is 13.0. The summed E-state index contributed by atoms with van der Waals surface area (Å²) in [5, 5.41) is 0.675. The lowest BCUT2D eigenvalue weighted by Crippen LogP contribution is -2.11. The third kappa shape index (κ3) is 3.10. The quantitative estimate of drug-likeness (QED) is 0.869. The molecule has 0 bridgehead atoms. The van der Waals surface area contributed by atoms with Crippen LogP contribution in [0.25, 0.3) is 0 Å². The van der Waals surface area contributed by atoms with E-state index in [-0.39, 0.29) is 11.1 Å². The normalized spacial score (nSPS) is 12.4. The second kappa shape index (κ2) is 6.31. The number of pyridine rings is 1. The van der Waals surface area contributed by atoms with Crippen LogP contribution in [0.15, 0.2) is 52.1 Å². The maximum Gasteiger partial charge on any atom is 0.127 e. The minimum atomic E-state index is -0.229. The highest BCUT2D eigenvalue weighted by Crippen LogP contribution is 2.37. The number of aromatic nitrogens is 1. The summed E-state index contributed by atoms with van der Waals surface area (Å²) in [6.07, 6.45) is 1.71. The van der Waals surface area contributed by atoms with Crippen LogP contribution in [0.3, 0.4) is 0 Å². The highest BCUT2D eigenvalue weighted by atomic mass is 79.9. The Morgan fingerprint density at radius 2 is 2.06 bits per heavy atom. The average Bonchev–Trinajstić information content (AvgIpc) is 2.39. The van der Waals surface area contributed by atoms with Crippen molar-refractivity contribution in [3.63, 3.8) is 0 Å². The minimum Gasteiger partial charge on any atom is -0.329 e. The molecular weight excluding hydrogens is 315 g/mol. The fraction of sp³-hybridized carbons (Fsp3) is 0.154. The van der Waals surface area contributed by atoms with Crippen molar-refractivity contribution in [2.75, 3.05) is 6.54 Å². The molecule has 0 saturated carbocycles. The molecule has 2 aromatic rings. The van der Waals surface area contributed by atoms with Gasteiger partial charge >= 0.3 is 0 Å². The van der Waals surface area contributed by atoms with Crippen molar-refractivity contribution in [1.29, 1.82) is 0 Å². The van der Waals surface area contributed by atoms with E-state index in [1.54, 1.807) is 18.3 Å². The molecule has 18 heavy (non-hydrogen) atoms. The second-order valence-electron chi connectivity index (χ2n) is 3.65. The largest absolute Gasteiger partial charge is 0.329 e. The number of hydrogen-bond acceptors (Lipinski definition) is 3. The highest BCUT2D eigenvalue weighted by Gasteiger charge is 2.17. The van der Waals surface area contributed by atoms with E-state index in [0.29, 0.717) is 12.1 Å². The first-order chi connectivity index (χ1) is 8.72. The van der Waals surface area contributed by atoms with E-state index in [1.807, 2.05) is 18.2 Å². The van der Waals surface area contributed by atoms with Crippen LogP contribution >= 0.6 is 27.7 Å². The Morgan fingerprint density at radius 1 is 1.28 bits per heavy atom.